The van der Waals surface area contributed by atoms with E-state index in [0.717, 1.165) is 29.8 Å². The minimum absolute atomic E-state index is 0.809. The smallest absolute Gasteiger partial charge is 0.0874 e. The summed E-state index contributed by atoms with van der Waals surface area (Å²) < 4.78 is 0. The first-order valence-corrected chi connectivity index (χ1v) is 4.74. The fraction of sp³-hybridized carbons (Fsp3) is 0.364. The van der Waals surface area contributed by atoms with Crippen molar-refractivity contribution in [1.29, 1.82) is 0 Å². The van der Waals surface area contributed by atoms with E-state index in [1.807, 2.05) is 19.0 Å². The van der Waals surface area contributed by atoms with E-state index in [-0.39, 0.29) is 0 Å². The van der Waals surface area contributed by atoms with E-state index < -0.39 is 0 Å². The number of hydrogen-bond acceptors (Lipinski definition) is 3. The first kappa shape index (κ1) is 9.06. The van der Waals surface area contributed by atoms with E-state index in [0.29, 0.717) is 0 Å². The van der Waals surface area contributed by atoms with Crippen LogP contribution in [0.4, 0.5) is 5.69 Å². The zero-order valence-corrected chi connectivity index (χ0v) is 8.49. The average Bonchev–Trinajstić information content (AvgIpc) is 2.59. The molecule has 1 aliphatic carbocycles. The van der Waals surface area contributed by atoms with E-state index >= 15 is 0 Å². The second kappa shape index (κ2) is 3.33. The fourth-order valence-electron chi connectivity index (χ4n) is 1.82. The lowest BCUT2D eigenvalue weighted by Gasteiger charge is -2.13. The van der Waals surface area contributed by atoms with Crippen LogP contribution in [0.2, 0.25) is 0 Å². The minimum Gasteiger partial charge on any atom is -0.411 e. The van der Waals surface area contributed by atoms with Crippen LogP contribution in [-0.4, -0.2) is 25.0 Å². The molecule has 0 atom stereocenters. The van der Waals surface area contributed by atoms with Crippen molar-refractivity contribution in [3.63, 3.8) is 0 Å². The third-order valence-corrected chi connectivity index (χ3v) is 2.67. The molecule has 0 bridgehead atoms. The first-order valence-electron chi connectivity index (χ1n) is 4.74. The largest absolute Gasteiger partial charge is 0.411 e. The molecule has 3 heteroatoms. The van der Waals surface area contributed by atoms with Gasteiger partial charge in [-0.2, -0.15) is 0 Å². The molecule has 1 aromatic rings. The molecule has 0 saturated carbocycles. The van der Waals surface area contributed by atoms with Gasteiger partial charge in [0.1, 0.15) is 0 Å². The van der Waals surface area contributed by atoms with Gasteiger partial charge in [0.15, 0.2) is 0 Å². The van der Waals surface area contributed by atoms with Crippen LogP contribution >= 0.6 is 0 Å². The predicted octanol–water partition coefficient (Wildman–Crippen LogP) is 1.88. The van der Waals surface area contributed by atoms with Crippen LogP contribution in [0.25, 0.3) is 0 Å². The number of oxime groups is 1. The van der Waals surface area contributed by atoms with E-state index in [1.165, 1.54) is 5.56 Å². The van der Waals surface area contributed by atoms with Crippen LogP contribution in [0.15, 0.2) is 23.4 Å². The number of anilines is 1. The lowest BCUT2D eigenvalue weighted by atomic mass is 10.1. The Balaban J connectivity index is 2.48. The summed E-state index contributed by atoms with van der Waals surface area (Å²) in [5.74, 6) is 0. The SMILES string of the molecule is CN(C)c1ccc2c(c1)C(=NO)CC2. The molecule has 74 valence electrons. The Morgan fingerprint density at radius 1 is 1.29 bits per heavy atom. The lowest BCUT2D eigenvalue weighted by Crippen LogP contribution is -2.09. The van der Waals surface area contributed by atoms with Gasteiger partial charge in [0.2, 0.25) is 0 Å². The van der Waals surface area contributed by atoms with Gasteiger partial charge in [-0.1, -0.05) is 11.2 Å². The van der Waals surface area contributed by atoms with Gasteiger partial charge in [-0.15, -0.1) is 0 Å². The molecule has 0 saturated heterocycles. The number of fused-ring (bicyclic) bond motifs is 1. The quantitative estimate of drug-likeness (QED) is 0.542. The number of hydrogen-bond donors (Lipinski definition) is 1. The van der Waals surface area contributed by atoms with Crippen molar-refractivity contribution in [2.45, 2.75) is 12.8 Å². The Labute approximate surface area is 83.7 Å². The van der Waals surface area contributed by atoms with E-state index in [1.54, 1.807) is 0 Å². The third-order valence-electron chi connectivity index (χ3n) is 2.67. The maximum absolute atomic E-state index is 8.82. The zero-order chi connectivity index (χ0) is 10.1. The second-order valence-corrected chi connectivity index (χ2v) is 3.78. The van der Waals surface area contributed by atoms with Gasteiger partial charge in [0.25, 0.3) is 0 Å². The normalized spacial score (nSPS) is 17.1. The van der Waals surface area contributed by atoms with E-state index in [2.05, 4.69) is 23.4 Å². The average molecular weight is 190 g/mol. The molecule has 0 heterocycles. The molecule has 0 spiro atoms. The number of nitrogens with zero attached hydrogens (tertiary/aromatic N) is 2. The summed E-state index contributed by atoms with van der Waals surface area (Å²) in [7, 11) is 4.01. The van der Waals surface area contributed by atoms with Crippen molar-refractivity contribution in [3.8, 4) is 0 Å². The molecule has 1 aliphatic rings. The fourth-order valence-corrected chi connectivity index (χ4v) is 1.82. The second-order valence-electron chi connectivity index (χ2n) is 3.78. The Morgan fingerprint density at radius 3 is 2.71 bits per heavy atom. The Hall–Kier alpha value is -1.51. The van der Waals surface area contributed by atoms with Crippen LogP contribution in [0, 0.1) is 0 Å². The monoisotopic (exact) mass is 190 g/mol. The van der Waals surface area contributed by atoms with Gasteiger partial charge in [-0.25, -0.2) is 0 Å². The summed E-state index contributed by atoms with van der Waals surface area (Å²) in [6.07, 6.45) is 1.84. The molecule has 0 fully saturated rings. The highest BCUT2D eigenvalue weighted by Gasteiger charge is 2.18. The molecular weight excluding hydrogens is 176 g/mol. The van der Waals surface area contributed by atoms with Crippen molar-refractivity contribution < 1.29 is 5.21 Å². The Morgan fingerprint density at radius 2 is 2.07 bits per heavy atom. The molecule has 0 amide bonds. The molecule has 0 radical (unpaired) electrons. The standard InChI is InChI=1S/C11H14N2O/c1-13(2)9-5-3-8-4-6-11(12-14)10(8)7-9/h3,5,7,14H,4,6H2,1-2H3. The van der Waals surface area contributed by atoms with Gasteiger partial charge < -0.3 is 10.1 Å². The third kappa shape index (κ3) is 1.35. The van der Waals surface area contributed by atoms with Crippen LogP contribution in [0.1, 0.15) is 17.5 Å². The highest BCUT2D eigenvalue weighted by molar-refractivity contribution is 6.04. The summed E-state index contributed by atoms with van der Waals surface area (Å²) in [6, 6.07) is 6.29. The zero-order valence-electron chi connectivity index (χ0n) is 8.49. The van der Waals surface area contributed by atoms with E-state index in [4.69, 9.17) is 5.21 Å². The topological polar surface area (TPSA) is 35.8 Å². The molecule has 0 unspecified atom stereocenters. The molecule has 2 rings (SSSR count). The predicted molar refractivity (Wildman–Crippen MR) is 57.4 cm³/mol. The van der Waals surface area contributed by atoms with Crippen LogP contribution in [0.3, 0.4) is 0 Å². The highest BCUT2D eigenvalue weighted by atomic mass is 16.4. The van der Waals surface area contributed by atoms with Crippen molar-refractivity contribution in [3.05, 3.63) is 29.3 Å². The highest BCUT2D eigenvalue weighted by Crippen LogP contribution is 2.26. The first-order chi connectivity index (χ1) is 6.72. The summed E-state index contributed by atoms with van der Waals surface area (Å²) >= 11 is 0. The number of rotatable bonds is 1. The van der Waals surface area contributed by atoms with Crippen LogP contribution < -0.4 is 4.90 Å². The lowest BCUT2D eigenvalue weighted by molar-refractivity contribution is 0.318. The number of aryl methyl sites for hydroxylation is 1. The maximum Gasteiger partial charge on any atom is 0.0874 e. The Kier molecular flexibility index (Phi) is 2.15. The van der Waals surface area contributed by atoms with Crippen molar-refractivity contribution >= 4 is 11.4 Å². The van der Waals surface area contributed by atoms with Crippen LogP contribution in [-0.2, 0) is 6.42 Å². The molecule has 0 aromatic heterocycles. The molecule has 0 aliphatic heterocycles. The maximum atomic E-state index is 8.82. The molecule has 1 aromatic carbocycles. The summed E-state index contributed by atoms with van der Waals surface area (Å²) in [5.41, 5.74) is 4.33. The van der Waals surface area contributed by atoms with Crippen LogP contribution in [0.5, 0.6) is 0 Å². The van der Waals surface area contributed by atoms with Gasteiger partial charge in [-0.3, -0.25) is 0 Å². The van der Waals surface area contributed by atoms with Gasteiger partial charge in [-0.05, 0) is 30.5 Å². The summed E-state index contributed by atoms with van der Waals surface area (Å²) in [4.78, 5) is 2.05. The molecular formula is C11H14N2O. The summed E-state index contributed by atoms with van der Waals surface area (Å²) in [6.45, 7) is 0. The van der Waals surface area contributed by atoms with Crippen molar-refractivity contribution in [1.82, 2.24) is 0 Å². The Bertz CT molecular complexity index is 383. The number of benzene rings is 1. The van der Waals surface area contributed by atoms with Crippen molar-refractivity contribution in [2.75, 3.05) is 19.0 Å². The van der Waals surface area contributed by atoms with E-state index in [9.17, 15) is 0 Å². The van der Waals surface area contributed by atoms with Gasteiger partial charge >= 0.3 is 0 Å². The minimum atomic E-state index is 0.809. The molecule has 14 heavy (non-hydrogen) atoms. The van der Waals surface area contributed by atoms with Crippen molar-refractivity contribution in [2.24, 2.45) is 5.16 Å². The summed E-state index contributed by atoms with van der Waals surface area (Å²) in [5, 5.41) is 12.1. The molecule has 3 nitrogen and oxygen atoms in total. The molecule has 1 N–H and O–H groups in total. The van der Waals surface area contributed by atoms with Gasteiger partial charge in [0, 0.05) is 25.3 Å². The van der Waals surface area contributed by atoms with Gasteiger partial charge in [0.05, 0.1) is 5.71 Å².